The molecule has 5 nitrogen and oxygen atoms in total. The zero-order chi connectivity index (χ0) is 21.7. The highest BCUT2D eigenvalue weighted by molar-refractivity contribution is 7.87. The van der Waals surface area contributed by atoms with Crippen molar-refractivity contribution < 1.29 is 21.8 Å². The molecule has 1 amide bonds. The first-order valence-corrected chi connectivity index (χ1v) is 11.7. The number of halogens is 1. The fraction of sp³-hybridized carbons (Fsp3) is 0.227. The van der Waals surface area contributed by atoms with Crippen molar-refractivity contribution in [1.82, 2.24) is 4.90 Å². The molecular weight excluding hydrogens is 425 g/mol. The van der Waals surface area contributed by atoms with E-state index in [0.717, 1.165) is 30.7 Å². The predicted octanol–water partition coefficient (Wildman–Crippen LogP) is 5.10. The van der Waals surface area contributed by atoms with Crippen molar-refractivity contribution in [3.8, 4) is 5.75 Å². The van der Waals surface area contributed by atoms with Crippen LogP contribution >= 0.6 is 11.3 Å². The van der Waals surface area contributed by atoms with Gasteiger partial charge in [-0.05, 0) is 55.1 Å². The summed E-state index contributed by atoms with van der Waals surface area (Å²) >= 11 is 1.36. The van der Waals surface area contributed by atoms with E-state index in [4.69, 9.17) is 4.18 Å². The molecule has 2 aromatic carbocycles. The molecule has 8 heteroatoms. The van der Waals surface area contributed by atoms with Gasteiger partial charge in [-0.3, -0.25) is 4.79 Å². The molecule has 0 aliphatic carbocycles. The molecule has 0 saturated heterocycles. The van der Waals surface area contributed by atoms with E-state index in [1.807, 2.05) is 25.3 Å². The lowest BCUT2D eigenvalue weighted by molar-refractivity contribution is 0.0676. The lowest BCUT2D eigenvalue weighted by Crippen LogP contribution is -2.37. The number of thiophene rings is 1. The van der Waals surface area contributed by atoms with Crippen LogP contribution in [0.5, 0.6) is 5.75 Å². The maximum Gasteiger partial charge on any atom is 0.339 e. The second-order valence-electron chi connectivity index (χ2n) is 6.77. The molecule has 0 aliphatic rings. The lowest BCUT2D eigenvalue weighted by atomic mass is 10.1. The molecular formula is C22H22FNO4S2. The van der Waals surface area contributed by atoms with Crippen LogP contribution in [0, 0.1) is 5.82 Å². The third-order valence-electron chi connectivity index (χ3n) is 4.73. The summed E-state index contributed by atoms with van der Waals surface area (Å²) in [7, 11) is -4.15. The van der Waals surface area contributed by atoms with Crippen LogP contribution < -0.4 is 4.18 Å². The normalized spacial score (nSPS) is 12.4. The summed E-state index contributed by atoms with van der Waals surface area (Å²) < 4.78 is 43.8. The van der Waals surface area contributed by atoms with E-state index in [2.05, 4.69) is 0 Å². The predicted molar refractivity (Wildman–Crippen MR) is 115 cm³/mol. The first kappa shape index (κ1) is 22.0. The summed E-state index contributed by atoms with van der Waals surface area (Å²) in [5.41, 5.74) is 0.563. The lowest BCUT2D eigenvalue weighted by Gasteiger charge is -2.29. The molecule has 0 aliphatic heterocycles. The van der Waals surface area contributed by atoms with E-state index < -0.39 is 15.9 Å². The Morgan fingerprint density at radius 1 is 1.10 bits per heavy atom. The Labute approximate surface area is 179 Å². The zero-order valence-corrected chi connectivity index (χ0v) is 18.3. The minimum absolute atomic E-state index is 0.0543. The van der Waals surface area contributed by atoms with Gasteiger partial charge in [-0.25, -0.2) is 4.39 Å². The highest BCUT2D eigenvalue weighted by Gasteiger charge is 2.24. The van der Waals surface area contributed by atoms with Gasteiger partial charge >= 0.3 is 10.1 Å². The summed E-state index contributed by atoms with van der Waals surface area (Å²) in [6, 6.07) is 14.7. The Morgan fingerprint density at radius 3 is 2.43 bits per heavy atom. The van der Waals surface area contributed by atoms with Gasteiger partial charge in [-0.1, -0.05) is 31.2 Å². The van der Waals surface area contributed by atoms with Gasteiger partial charge < -0.3 is 9.08 Å². The van der Waals surface area contributed by atoms with Crippen molar-refractivity contribution in [2.75, 3.05) is 0 Å². The third-order valence-corrected chi connectivity index (χ3v) is 6.84. The van der Waals surface area contributed by atoms with Crippen LogP contribution in [0.25, 0.3) is 0 Å². The highest BCUT2D eigenvalue weighted by Crippen LogP contribution is 2.27. The number of carbonyl (C=O) groups excluding carboxylic acids is 1. The SMILES string of the molecule is CCC(C)N(Cc1ccccc1OS(=O)(=O)c1ccc(F)cc1)C(=O)c1cccs1. The molecule has 0 fully saturated rings. The van der Waals surface area contributed by atoms with E-state index in [9.17, 15) is 17.6 Å². The first-order chi connectivity index (χ1) is 14.3. The molecule has 3 rings (SSSR count). The molecule has 0 saturated carbocycles. The maximum absolute atomic E-state index is 13.1. The molecule has 3 aromatic rings. The van der Waals surface area contributed by atoms with E-state index in [0.29, 0.717) is 10.4 Å². The average molecular weight is 448 g/mol. The second kappa shape index (κ2) is 9.40. The quantitative estimate of drug-likeness (QED) is 0.451. The summed E-state index contributed by atoms with van der Waals surface area (Å²) in [6.07, 6.45) is 0.744. The molecule has 1 aromatic heterocycles. The summed E-state index contributed by atoms with van der Waals surface area (Å²) in [5.74, 6) is -0.518. The molecule has 1 heterocycles. The fourth-order valence-corrected chi connectivity index (χ4v) is 4.50. The van der Waals surface area contributed by atoms with Crippen molar-refractivity contribution in [2.24, 2.45) is 0 Å². The number of rotatable bonds is 8. The monoisotopic (exact) mass is 447 g/mol. The number of benzene rings is 2. The molecule has 158 valence electrons. The van der Waals surface area contributed by atoms with Gasteiger partial charge in [0, 0.05) is 18.2 Å². The molecule has 0 bridgehead atoms. The van der Waals surface area contributed by atoms with Gasteiger partial charge in [0.05, 0.1) is 4.88 Å². The molecule has 1 atom stereocenters. The largest absolute Gasteiger partial charge is 0.379 e. The van der Waals surface area contributed by atoms with Crippen LogP contribution in [0.2, 0.25) is 0 Å². The van der Waals surface area contributed by atoms with Gasteiger partial charge in [-0.15, -0.1) is 11.3 Å². The van der Waals surface area contributed by atoms with Gasteiger partial charge in [0.25, 0.3) is 5.91 Å². The van der Waals surface area contributed by atoms with E-state index in [-0.39, 0.29) is 29.1 Å². The Balaban J connectivity index is 1.89. The van der Waals surface area contributed by atoms with Gasteiger partial charge in [0.1, 0.15) is 16.5 Å². The molecule has 1 unspecified atom stereocenters. The van der Waals surface area contributed by atoms with Crippen molar-refractivity contribution >= 4 is 27.4 Å². The van der Waals surface area contributed by atoms with Gasteiger partial charge in [0.2, 0.25) is 0 Å². The van der Waals surface area contributed by atoms with Crippen molar-refractivity contribution in [2.45, 2.75) is 37.8 Å². The van der Waals surface area contributed by atoms with Gasteiger partial charge in [0.15, 0.2) is 0 Å². The third kappa shape index (κ3) is 5.06. The number of hydrogen-bond acceptors (Lipinski definition) is 5. The summed E-state index contributed by atoms with van der Waals surface area (Å²) in [4.78, 5) is 15.2. The Hall–Kier alpha value is -2.71. The van der Waals surface area contributed by atoms with E-state index >= 15 is 0 Å². The smallest absolute Gasteiger partial charge is 0.339 e. The number of carbonyl (C=O) groups is 1. The number of nitrogens with zero attached hydrogens (tertiary/aromatic N) is 1. The maximum atomic E-state index is 13.1. The van der Waals surface area contributed by atoms with Crippen LogP contribution in [-0.2, 0) is 16.7 Å². The molecule has 0 spiro atoms. The summed E-state index contributed by atoms with van der Waals surface area (Å²) in [5, 5.41) is 1.84. The average Bonchev–Trinajstić information content (AvgIpc) is 3.27. The van der Waals surface area contributed by atoms with Crippen LogP contribution in [0.15, 0.2) is 70.9 Å². The van der Waals surface area contributed by atoms with Crippen molar-refractivity contribution in [3.63, 3.8) is 0 Å². The van der Waals surface area contributed by atoms with E-state index in [1.165, 1.54) is 11.3 Å². The number of hydrogen-bond donors (Lipinski definition) is 0. The van der Waals surface area contributed by atoms with Crippen LogP contribution in [-0.4, -0.2) is 25.3 Å². The minimum atomic E-state index is -4.15. The van der Waals surface area contributed by atoms with E-state index in [1.54, 1.807) is 35.2 Å². The molecule has 0 radical (unpaired) electrons. The van der Waals surface area contributed by atoms with Crippen molar-refractivity contribution in [1.29, 1.82) is 0 Å². The van der Waals surface area contributed by atoms with Crippen LogP contribution in [0.3, 0.4) is 0 Å². The standard InChI is InChI=1S/C22H22FNO4S2/c1-3-16(2)24(22(25)21-9-6-14-29-21)15-17-7-4-5-8-20(17)28-30(26,27)19-12-10-18(23)11-13-19/h4-14,16H,3,15H2,1-2H3. The zero-order valence-electron chi connectivity index (χ0n) is 16.6. The highest BCUT2D eigenvalue weighted by atomic mass is 32.2. The fourth-order valence-electron chi connectivity index (χ4n) is 2.86. The van der Waals surface area contributed by atoms with Crippen LogP contribution in [0.1, 0.15) is 35.5 Å². The topological polar surface area (TPSA) is 63.7 Å². The number of para-hydroxylation sites is 1. The first-order valence-electron chi connectivity index (χ1n) is 9.44. The van der Waals surface area contributed by atoms with Gasteiger partial charge in [-0.2, -0.15) is 8.42 Å². The Morgan fingerprint density at radius 2 is 1.80 bits per heavy atom. The second-order valence-corrected chi connectivity index (χ2v) is 9.26. The Bertz CT molecular complexity index is 1100. The Kier molecular flexibility index (Phi) is 6.89. The number of amides is 1. The molecule has 30 heavy (non-hydrogen) atoms. The summed E-state index contributed by atoms with van der Waals surface area (Å²) in [6.45, 7) is 4.13. The minimum Gasteiger partial charge on any atom is -0.379 e. The van der Waals surface area contributed by atoms with Crippen LogP contribution in [0.4, 0.5) is 4.39 Å². The van der Waals surface area contributed by atoms with Crippen molar-refractivity contribution in [3.05, 3.63) is 82.3 Å². The molecule has 0 N–H and O–H groups in total.